The number of primary amides is 1. The highest BCUT2D eigenvalue weighted by molar-refractivity contribution is 5.96. The zero-order valence-corrected chi connectivity index (χ0v) is 11.1. The van der Waals surface area contributed by atoms with Gasteiger partial charge in [-0.1, -0.05) is 0 Å². The smallest absolute Gasteiger partial charge is 0.248 e. The van der Waals surface area contributed by atoms with Gasteiger partial charge in [-0.05, 0) is 32.0 Å². The molecule has 102 valence electrons. The van der Waals surface area contributed by atoms with Crippen molar-refractivity contribution in [2.75, 3.05) is 23.7 Å². The molecular weight excluding hydrogens is 244 g/mol. The van der Waals surface area contributed by atoms with Crippen LogP contribution >= 0.6 is 0 Å². The molecule has 5 N–H and O–H groups in total. The molecule has 1 heterocycles. The van der Waals surface area contributed by atoms with Gasteiger partial charge in [0.2, 0.25) is 11.8 Å². The highest BCUT2D eigenvalue weighted by atomic mass is 16.2. The van der Waals surface area contributed by atoms with Gasteiger partial charge in [0.25, 0.3) is 0 Å². The summed E-state index contributed by atoms with van der Waals surface area (Å²) in [5, 5.41) is 2.83. The molecule has 1 aromatic rings. The lowest BCUT2D eigenvalue weighted by molar-refractivity contribution is -0.126. The first-order valence-corrected chi connectivity index (χ1v) is 6.09. The number of carbonyl (C=O) groups is 2. The molecule has 1 fully saturated rings. The Kier molecular flexibility index (Phi) is 3.09. The van der Waals surface area contributed by atoms with Crippen LogP contribution in [0.5, 0.6) is 0 Å². The molecule has 0 atom stereocenters. The molecule has 1 aliphatic heterocycles. The molecule has 19 heavy (non-hydrogen) atoms. The second-order valence-corrected chi connectivity index (χ2v) is 5.10. The largest absolute Gasteiger partial charge is 0.397 e. The lowest BCUT2D eigenvalue weighted by Gasteiger charge is -2.43. The number of benzene rings is 1. The van der Waals surface area contributed by atoms with E-state index in [0.29, 0.717) is 24.3 Å². The van der Waals surface area contributed by atoms with E-state index in [2.05, 4.69) is 5.32 Å². The zero-order valence-electron chi connectivity index (χ0n) is 11.1. The first-order chi connectivity index (χ1) is 8.84. The lowest BCUT2D eigenvalue weighted by Crippen LogP contribution is -2.62. The third-order valence-electron chi connectivity index (χ3n) is 3.45. The van der Waals surface area contributed by atoms with Crippen molar-refractivity contribution in [3.8, 4) is 0 Å². The Morgan fingerprint density at radius 2 is 2.11 bits per heavy atom. The fourth-order valence-electron chi connectivity index (χ4n) is 2.27. The summed E-state index contributed by atoms with van der Waals surface area (Å²) >= 11 is 0. The van der Waals surface area contributed by atoms with Crippen molar-refractivity contribution < 1.29 is 9.59 Å². The summed E-state index contributed by atoms with van der Waals surface area (Å²) < 4.78 is 0. The van der Waals surface area contributed by atoms with E-state index in [1.807, 2.05) is 18.7 Å². The molecule has 6 nitrogen and oxygen atoms in total. The Morgan fingerprint density at radius 3 is 2.68 bits per heavy atom. The molecule has 0 aromatic heterocycles. The van der Waals surface area contributed by atoms with Gasteiger partial charge in [0, 0.05) is 18.7 Å². The number of nitrogens with one attached hydrogen (secondary N) is 1. The second-order valence-electron chi connectivity index (χ2n) is 5.10. The van der Waals surface area contributed by atoms with E-state index in [1.165, 1.54) is 0 Å². The van der Waals surface area contributed by atoms with Gasteiger partial charge < -0.3 is 21.7 Å². The van der Waals surface area contributed by atoms with E-state index in [-0.39, 0.29) is 5.91 Å². The SMILES string of the molecule is CC1(C)C(=O)NCCN1c1ccc(C(N)=O)cc1N. The van der Waals surface area contributed by atoms with Crippen LogP contribution in [-0.4, -0.2) is 30.4 Å². The van der Waals surface area contributed by atoms with Crippen molar-refractivity contribution >= 4 is 23.2 Å². The minimum atomic E-state index is -0.680. The summed E-state index contributed by atoms with van der Waals surface area (Å²) in [6.45, 7) is 4.91. The number of nitrogens with zero attached hydrogens (tertiary/aromatic N) is 1. The molecule has 0 unspecified atom stereocenters. The summed E-state index contributed by atoms with van der Waals surface area (Å²) in [6, 6.07) is 4.90. The van der Waals surface area contributed by atoms with Crippen molar-refractivity contribution in [3.05, 3.63) is 23.8 Å². The minimum absolute atomic E-state index is 0.0443. The normalized spacial score (nSPS) is 18.0. The summed E-state index contributed by atoms with van der Waals surface area (Å²) in [7, 11) is 0. The number of nitrogens with two attached hydrogens (primary N) is 2. The highest BCUT2D eigenvalue weighted by Gasteiger charge is 2.38. The van der Waals surface area contributed by atoms with Gasteiger partial charge >= 0.3 is 0 Å². The van der Waals surface area contributed by atoms with Crippen LogP contribution in [0.15, 0.2) is 18.2 Å². The lowest BCUT2D eigenvalue weighted by atomic mass is 9.97. The number of carbonyl (C=O) groups excluding carboxylic acids is 2. The van der Waals surface area contributed by atoms with Crippen molar-refractivity contribution in [2.45, 2.75) is 19.4 Å². The average molecular weight is 262 g/mol. The Morgan fingerprint density at radius 1 is 1.42 bits per heavy atom. The molecule has 1 aromatic carbocycles. The number of hydrogen-bond donors (Lipinski definition) is 3. The first kappa shape index (κ1) is 13.2. The van der Waals surface area contributed by atoms with Gasteiger partial charge in [-0.2, -0.15) is 0 Å². The summed E-state index contributed by atoms with van der Waals surface area (Å²) in [4.78, 5) is 25.0. The summed E-state index contributed by atoms with van der Waals surface area (Å²) in [6.07, 6.45) is 0. The summed E-state index contributed by atoms with van der Waals surface area (Å²) in [5.74, 6) is -0.564. The summed E-state index contributed by atoms with van der Waals surface area (Å²) in [5.41, 5.74) is 12.1. The fourth-order valence-corrected chi connectivity index (χ4v) is 2.27. The van der Waals surface area contributed by atoms with Gasteiger partial charge in [-0.3, -0.25) is 9.59 Å². The molecular formula is C13H18N4O2. The minimum Gasteiger partial charge on any atom is -0.397 e. The van der Waals surface area contributed by atoms with Crippen molar-refractivity contribution in [1.82, 2.24) is 5.32 Å². The molecule has 2 rings (SSSR count). The van der Waals surface area contributed by atoms with Crippen LogP contribution in [-0.2, 0) is 4.79 Å². The number of hydrogen-bond acceptors (Lipinski definition) is 4. The maximum absolute atomic E-state index is 11.9. The average Bonchev–Trinajstić information content (AvgIpc) is 2.33. The van der Waals surface area contributed by atoms with Gasteiger partial charge in [-0.25, -0.2) is 0 Å². The predicted octanol–water partition coefficient (Wildman–Crippen LogP) is 0.0825. The molecule has 0 aliphatic carbocycles. The quantitative estimate of drug-likeness (QED) is 0.657. The van der Waals surface area contributed by atoms with Crippen LogP contribution in [0, 0.1) is 0 Å². The maximum atomic E-state index is 11.9. The van der Waals surface area contributed by atoms with E-state index in [9.17, 15) is 9.59 Å². The van der Waals surface area contributed by atoms with Crippen LogP contribution in [0.1, 0.15) is 24.2 Å². The zero-order chi connectivity index (χ0) is 14.2. The standard InChI is InChI=1S/C13H18N4O2/c1-13(2)12(19)16-5-6-17(13)10-4-3-8(11(15)18)7-9(10)14/h3-4,7H,5-6,14H2,1-2H3,(H2,15,18)(H,16,19). The first-order valence-electron chi connectivity index (χ1n) is 6.09. The molecule has 0 spiro atoms. The highest BCUT2D eigenvalue weighted by Crippen LogP contribution is 2.31. The number of amides is 2. The van der Waals surface area contributed by atoms with E-state index in [0.717, 1.165) is 5.69 Å². The Hall–Kier alpha value is -2.24. The Bertz CT molecular complexity index is 539. The molecule has 0 radical (unpaired) electrons. The third kappa shape index (κ3) is 2.21. The van der Waals surface area contributed by atoms with Gasteiger partial charge in [0.15, 0.2) is 0 Å². The predicted molar refractivity (Wildman–Crippen MR) is 73.8 cm³/mol. The van der Waals surface area contributed by atoms with Gasteiger partial charge in [-0.15, -0.1) is 0 Å². The fraction of sp³-hybridized carbons (Fsp3) is 0.385. The molecule has 2 amide bonds. The van der Waals surface area contributed by atoms with Crippen LogP contribution in [0.4, 0.5) is 11.4 Å². The van der Waals surface area contributed by atoms with Crippen LogP contribution in [0.3, 0.4) is 0 Å². The Labute approximate surface area is 111 Å². The molecule has 0 bridgehead atoms. The topological polar surface area (TPSA) is 101 Å². The van der Waals surface area contributed by atoms with Crippen LogP contribution in [0.25, 0.3) is 0 Å². The maximum Gasteiger partial charge on any atom is 0.248 e. The monoisotopic (exact) mass is 262 g/mol. The number of anilines is 2. The van der Waals surface area contributed by atoms with Gasteiger partial charge in [0.05, 0.1) is 11.4 Å². The van der Waals surface area contributed by atoms with E-state index in [4.69, 9.17) is 11.5 Å². The van der Waals surface area contributed by atoms with Crippen LogP contribution in [0.2, 0.25) is 0 Å². The number of rotatable bonds is 2. The molecule has 1 saturated heterocycles. The second kappa shape index (κ2) is 4.46. The molecule has 1 aliphatic rings. The molecule has 6 heteroatoms. The van der Waals surface area contributed by atoms with Crippen LogP contribution < -0.4 is 21.7 Å². The van der Waals surface area contributed by atoms with E-state index in [1.54, 1.807) is 18.2 Å². The number of piperazine rings is 1. The van der Waals surface area contributed by atoms with E-state index < -0.39 is 11.4 Å². The van der Waals surface area contributed by atoms with Gasteiger partial charge in [0.1, 0.15) is 5.54 Å². The van der Waals surface area contributed by atoms with Crippen molar-refractivity contribution in [1.29, 1.82) is 0 Å². The van der Waals surface area contributed by atoms with Crippen molar-refractivity contribution in [2.24, 2.45) is 5.73 Å². The number of nitrogen functional groups attached to an aromatic ring is 1. The third-order valence-corrected chi connectivity index (χ3v) is 3.45. The molecule has 0 saturated carbocycles. The van der Waals surface area contributed by atoms with E-state index >= 15 is 0 Å². The Balaban J connectivity index is 2.41. The van der Waals surface area contributed by atoms with Crippen molar-refractivity contribution in [3.63, 3.8) is 0 Å².